The van der Waals surface area contributed by atoms with Crippen LogP contribution in [-0.2, 0) is 0 Å². The number of carboxylic acids is 1. The Hall–Kier alpha value is -2.88. The maximum absolute atomic E-state index is 11.1. The first-order valence-electron chi connectivity index (χ1n) is 8.86. The average Bonchev–Trinajstić information content (AvgIpc) is 2.65. The number of carbonyl (C=O) groups is 1. The predicted molar refractivity (Wildman–Crippen MR) is 106 cm³/mol. The van der Waals surface area contributed by atoms with Crippen LogP contribution in [0.2, 0.25) is 0 Å². The predicted octanol–water partition coefficient (Wildman–Crippen LogP) is 5.16. The van der Waals surface area contributed by atoms with Crippen LogP contribution in [0, 0.1) is 5.92 Å². The molecule has 4 nitrogen and oxygen atoms in total. The number of aromatic carboxylic acids is 1. The highest BCUT2D eigenvalue weighted by atomic mass is 16.4. The molecular weight excluding hydrogens is 324 g/mol. The van der Waals surface area contributed by atoms with E-state index < -0.39 is 5.97 Å². The van der Waals surface area contributed by atoms with Gasteiger partial charge in [-0.2, -0.15) is 0 Å². The SMILES string of the molecule is CC(C)CC(c1ccc(C(=O)O)cc1)N(C)c1cnc2ccccc2c1. The van der Waals surface area contributed by atoms with E-state index in [2.05, 4.69) is 42.9 Å². The van der Waals surface area contributed by atoms with E-state index in [9.17, 15) is 4.79 Å². The number of rotatable bonds is 6. The van der Waals surface area contributed by atoms with Crippen molar-refractivity contribution in [2.45, 2.75) is 26.3 Å². The Bertz CT molecular complexity index is 903. The maximum atomic E-state index is 11.1. The van der Waals surface area contributed by atoms with E-state index in [0.717, 1.165) is 28.6 Å². The summed E-state index contributed by atoms with van der Waals surface area (Å²) in [7, 11) is 2.07. The minimum absolute atomic E-state index is 0.154. The van der Waals surface area contributed by atoms with Gasteiger partial charge in [-0.1, -0.05) is 44.2 Å². The van der Waals surface area contributed by atoms with Gasteiger partial charge in [-0.05, 0) is 42.2 Å². The number of hydrogen-bond donors (Lipinski definition) is 1. The molecule has 0 aliphatic heterocycles. The van der Waals surface area contributed by atoms with Crippen molar-refractivity contribution in [3.05, 3.63) is 71.9 Å². The molecule has 0 saturated heterocycles. The molecule has 0 spiro atoms. The molecule has 0 aliphatic rings. The highest BCUT2D eigenvalue weighted by molar-refractivity contribution is 5.87. The summed E-state index contributed by atoms with van der Waals surface area (Å²) in [4.78, 5) is 17.9. The molecule has 3 aromatic rings. The zero-order valence-corrected chi connectivity index (χ0v) is 15.4. The minimum atomic E-state index is -0.899. The van der Waals surface area contributed by atoms with Gasteiger partial charge in [0.05, 0.1) is 29.0 Å². The van der Waals surface area contributed by atoms with Crippen molar-refractivity contribution in [2.24, 2.45) is 5.92 Å². The number of aromatic nitrogens is 1. The third-order valence-corrected chi connectivity index (χ3v) is 4.69. The molecule has 1 N–H and O–H groups in total. The van der Waals surface area contributed by atoms with Crippen molar-refractivity contribution >= 4 is 22.6 Å². The van der Waals surface area contributed by atoms with Gasteiger partial charge in [-0.15, -0.1) is 0 Å². The lowest BCUT2D eigenvalue weighted by Crippen LogP contribution is -2.25. The number of anilines is 1. The molecule has 0 radical (unpaired) electrons. The number of benzene rings is 2. The summed E-state index contributed by atoms with van der Waals surface area (Å²) >= 11 is 0. The second-order valence-corrected chi connectivity index (χ2v) is 7.07. The highest BCUT2D eigenvalue weighted by Gasteiger charge is 2.20. The molecular formula is C22H24N2O2. The molecule has 1 atom stereocenters. The van der Waals surface area contributed by atoms with Gasteiger partial charge in [0.25, 0.3) is 0 Å². The number of fused-ring (bicyclic) bond motifs is 1. The summed E-state index contributed by atoms with van der Waals surface area (Å²) < 4.78 is 0. The van der Waals surface area contributed by atoms with E-state index in [1.54, 1.807) is 12.1 Å². The molecule has 26 heavy (non-hydrogen) atoms. The van der Waals surface area contributed by atoms with E-state index in [-0.39, 0.29) is 6.04 Å². The second kappa shape index (κ2) is 7.56. The molecule has 2 aromatic carbocycles. The smallest absolute Gasteiger partial charge is 0.335 e. The quantitative estimate of drug-likeness (QED) is 0.669. The molecule has 1 unspecified atom stereocenters. The van der Waals surface area contributed by atoms with Crippen LogP contribution in [0.1, 0.15) is 42.2 Å². The monoisotopic (exact) mass is 348 g/mol. The summed E-state index contributed by atoms with van der Waals surface area (Å²) in [6.45, 7) is 4.40. The van der Waals surface area contributed by atoms with Gasteiger partial charge in [0, 0.05) is 12.4 Å². The van der Waals surface area contributed by atoms with E-state index >= 15 is 0 Å². The van der Waals surface area contributed by atoms with Crippen molar-refractivity contribution in [2.75, 3.05) is 11.9 Å². The zero-order chi connectivity index (χ0) is 18.7. The molecule has 1 aromatic heterocycles. The van der Waals surface area contributed by atoms with Crippen molar-refractivity contribution in [3.63, 3.8) is 0 Å². The van der Waals surface area contributed by atoms with Crippen LogP contribution in [0.4, 0.5) is 5.69 Å². The first kappa shape index (κ1) is 17.9. The lowest BCUT2D eigenvalue weighted by Gasteiger charge is -2.32. The summed E-state index contributed by atoms with van der Waals surface area (Å²) in [6.07, 6.45) is 2.87. The van der Waals surface area contributed by atoms with E-state index in [1.165, 1.54) is 0 Å². The molecule has 3 rings (SSSR count). The average molecular weight is 348 g/mol. The summed E-state index contributed by atoms with van der Waals surface area (Å²) in [6, 6.07) is 17.6. The fraction of sp³-hybridized carbons (Fsp3) is 0.273. The highest BCUT2D eigenvalue weighted by Crippen LogP contribution is 2.32. The van der Waals surface area contributed by atoms with Crippen LogP contribution in [0.3, 0.4) is 0 Å². The van der Waals surface area contributed by atoms with Crippen LogP contribution >= 0.6 is 0 Å². The van der Waals surface area contributed by atoms with Crippen LogP contribution in [0.15, 0.2) is 60.8 Å². The number of nitrogens with zero attached hydrogens (tertiary/aromatic N) is 2. The lowest BCUT2D eigenvalue weighted by atomic mass is 9.94. The number of carboxylic acid groups (broad SMARTS) is 1. The summed E-state index contributed by atoms with van der Waals surface area (Å²) in [5, 5.41) is 10.2. The van der Waals surface area contributed by atoms with Crippen LogP contribution < -0.4 is 4.90 Å². The molecule has 1 heterocycles. The Morgan fingerprint density at radius 1 is 1.12 bits per heavy atom. The van der Waals surface area contributed by atoms with Crippen molar-refractivity contribution in [1.29, 1.82) is 0 Å². The van der Waals surface area contributed by atoms with Gasteiger partial charge in [0.1, 0.15) is 0 Å². The van der Waals surface area contributed by atoms with E-state index in [4.69, 9.17) is 5.11 Å². The zero-order valence-electron chi connectivity index (χ0n) is 15.4. The molecule has 0 fully saturated rings. The molecule has 0 bridgehead atoms. The van der Waals surface area contributed by atoms with Crippen LogP contribution in [0.5, 0.6) is 0 Å². The normalized spacial score (nSPS) is 12.3. The Kier molecular flexibility index (Phi) is 5.21. The Morgan fingerprint density at radius 2 is 1.81 bits per heavy atom. The number of para-hydroxylation sites is 1. The third-order valence-electron chi connectivity index (χ3n) is 4.69. The summed E-state index contributed by atoms with van der Waals surface area (Å²) in [5.41, 5.74) is 3.46. The Morgan fingerprint density at radius 3 is 2.46 bits per heavy atom. The van der Waals surface area contributed by atoms with Crippen molar-refractivity contribution in [3.8, 4) is 0 Å². The van der Waals surface area contributed by atoms with Gasteiger partial charge >= 0.3 is 5.97 Å². The van der Waals surface area contributed by atoms with Gasteiger partial charge in [-0.3, -0.25) is 4.98 Å². The summed E-state index contributed by atoms with van der Waals surface area (Å²) in [5.74, 6) is -0.390. The van der Waals surface area contributed by atoms with Gasteiger partial charge in [-0.25, -0.2) is 4.79 Å². The van der Waals surface area contributed by atoms with Crippen molar-refractivity contribution in [1.82, 2.24) is 4.98 Å². The maximum Gasteiger partial charge on any atom is 0.335 e. The fourth-order valence-corrected chi connectivity index (χ4v) is 3.24. The molecule has 0 aliphatic carbocycles. The minimum Gasteiger partial charge on any atom is -0.478 e. The van der Waals surface area contributed by atoms with E-state index in [1.807, 2.05) is 36.5 Å². The largest absolute Gasteiger partial charge is 0.478 e. The molecule has 134 valence electrons. The number of pyridine rings is 1. The van der Waals surface area contributed by atoms with Crippen LogP contribution in [-0.4, -0.2) is 23.1 Å². The van der Waals surface area contributed by atoms with Crippen LogP contribution in [0.25, 0.3) is 10.9 Å². The molecule has 4 heteroatoms. The second-order valence-electron chi connectivity index (χ2n) is 7.07. The van der Waals surface area contributed by atoms with Gasteiger partial charge in [0.2, 0.25) is 0 Å². The first-order valence-corrected chi connectivity index (χ1v) is 8.86. The van der Waals surface area contributed by atoms with E-state index in [0.29, 0.717) is 11.5 Å². The first-order chi connectivity index (χ1) is 12.5. The lowest BCUT2D eigenvalue weighted by molar-refractivity contribution is 0.0697. The van der Waals surface area contributed by atoms with Crippen molar-refractivity contribution < 1.29 is 9.90 Å². The van der Waals surface area contributed by atoms with Gasteiger partial charge < -0.3 is 10.0 Å². The standard InChI is InChI=1S/C22H24N2O2/c1-15(2)12-21(16-8-10-17(11-9-16)22(25)26)24(3)19-13-18-6-4-5-7-20(18)23-14-19/h4-11,13-15,21H,12H2,1-3H3,(H,25,26). The van der Waals surface area contributed by atoms with Gasteiger partial charge in [0.15, 0.2) is 0 Å². The molecule has 0 saturated carbocycles. The topological polar surface area (TPSA) is 53.4 Å². The fourth-order valence-electron chi connectivity index (χ4n) is 3.24. The molecule has 0 amide bonds. The number of hydrogen-bond acceptors (Lipinski definition) is 3. The third kappa shape index (κ3) is 3.85. The Balaban J connectivity index is 1.96. The Labute approximate surface area is 154 Å².